The highest BCUT2D eigenvalue weighted by Gasteiger charge is 2.61. The number of carbonyl (C=O) groups excluding carboxylic acids is 2. The largest absolute Gasteiger partial charge is 0.451 e. The van der Waals surface area contributed by atoms with E-state index in [0.717, 1.165) is 24.2 Å². The number of aliphatic hydroxyl groups is 1. The van der Waals surface area contributed by atoms with E-state index in [4.69, 9.17) is 15.2 Å². The van der Waals surface area contributed by atoms with E-state index in [1.54, 1.807) is 0 Å². The summed E-state index contributed by atoms with van der Waals surface area (Å²) < 4.78 is 5.21. The third-order valence-electron chi connectivity index (χ3n) is 10.7. The van der Waals surface area contributed by atoms with Gasteiger partial charge in [0.1, 0.15) is 0 Å². The molecule has 4 aliphatic rings. The van der Waals surface area contributed by atoms with E-state index in [1.807, 2.05) is 0 Å². The first-order chi connectivity index (χ1) is 15.5. The van der Waals surface area contributed by atoms with Crippen LogP contribution in [0.1, 0.15) is 91.9 Å². The Kier molecular flexibility index (Phi) is 7.00. The number of nitrogens with zero attached hydrogens (tertiary/aromatic N) is 1. The molecule has 0 bridgehead atoms. The molecule has 188 valence electrons. The molecule has 0 aromatic rings. The van der Waals surface area contributed by atoms with Crippen LogP contribution in [0, 0.1) is 46.3 Å². The highest BCUT2D eigenvalue weighted by atomic mass is 16.8. The highest BCUT2D eigenvalue weighted by molar-refractivity contribution is 5.87. The molecule has 0 heterocycles. The highest BCUT2D eigenvalue weighted by Crippen LogP contribution is 2.68. The third kappa shape index (κ3) is 4.17. The second-order valence-electron chi connectivity index (χ2n) is 12.1. The van der Waals surface area contributed by atoms with E-state index in [9.17, 15) is 14.7 Å². The topological polar surface area (TPSA) is 107 Å². The quantitative estimate of drug-likeness (QED) is 0.300. The molecule has 0 aromatic heterocycles. The van der Waals surface area contributed by atoms with Crippen LogP contribution >= 0.6 is 0 Å². The number of ketones is 1. The zero-order chi connectivity index (χ0) is 24.1. The number of hydroxylamine groups is 2. The monoisotopic (exact) mass is 465 g/mol. The summed E-state index contributed by atoms with van der Waals surface area (Å²) in [6, 6.07) is 0. The number of hydrogen-bond acceptors (Lipinski definition) is 7. The molecule has 4 rings (SSSR count). The van der Waals surface area contributed by atoms with Crippen LogP contribution in [0.4, 0.5) is 0 Å². The van der Waals surface area contributed by atoms with Crippen molar-refractivity contribution in [1.29, 1.82) is 0 Å². The minimum Gasteiger partial charge on any atom is -0.451 e. The molecule has 4 aliphatic carbocycles. The molecular weight excluding hydrogens is 422 g/mol. The summed E-state index contributed by atoms with van der Waals surface area (Å²) in [6.45, 7) is 9.60. The standard InChI is InChI=1S/C26H43NO6/c1-5-6-15(2)18-9-10-19-17-8-7-16-13-22(33-24(30)23(29)27(31)32)21(28)14-26(16,4)20(17)11-12-25(18,19)3/h15-20,22-23,29,31-32H,5-14H2,1-4H3/t15-,16?,17?,18-,19?,20?,22?,23+,25-,26+/m1/s1. The summed E-state index contributed by atoms with van der Waals surface area (Å²) >= 11 is 0. The Hall–Kier alpha value is -1.02. The smallest absolute Gasteiger partial charge is 0.356 e. The molecule has 0 saturated heterocycles. The van der Waals surface area contributed by atoms with Crippen LogP contribution in [0.5, 0.6) is 0 Å². The lowest BCUT2D eigenvalue weighted by Gasteiger charge is -2.61. The molecule has 7 heteroatoms. The van der Waals surface area contributed by atoms with Gasteiger partial charge in [-0.2, -0.15) is 0 Å². The lowest BCUT2D eigenvalue weighted by atomic mass is 9.44. The second kappa shape index (κ2) is 9.21. The van der Waals surface area contributed by atoms with E-state index in [0.29, 0.717) is 36.0 Å². The molecule has 0 amide bonds. The van der Waals surface area contributed by atoms with Crippen LogP contribution in [0.2, 0.25) is 0 Å². The molecule has 0 aliphatic heterocycles. The minimum absolute atomic E-state index is 0.0734. The molecule has 0 spiro atoms. The van der Waals surface area contributed by atoms with Gasteiger partial charge in [0, 0.05) is 6.42 Å². The van der Waals surface area contributed by atoms with Crippen LogP contribution in [-0.2, 0) is 14.3 Å². The molecule has 7 nitrogen and oxygen atoms in total. The van der Waals surface area contributed by atoms with Gasteiger partial charge in [0.25, 0.3) is 6.23 Å². The third-order valence-corrected chi connectivity index (χ3v) is 10.7. The second-order valence-corrected chi connectivity index (χ2v) is 12.1. The van der Waals surface area contributed by atoms with E-state index < -0.39 is 23.5 Å². The van der Waals surface area contributed by atoms with Crippen molar-refractivity contribution in [2.75, 3.05) is 0 Å². The van der Waals surface area contributed by atoms with E-state index in [2.05, 4.69) is 27.7 Å². The van der Waals surface area contributed by atoms with Crippen molar-refractivity contribution < 1.29 is 29.8 Å². The van der Waals surface area contributed by atoms with Crippen molar-refractivity contribution in [2.45, 2.75) is 104 Å². The van der Waals surface area contributed by atoms with Crippen molar-refractivity contribution in [3.05, 3.63) is 0 Å². The van der Waals surface area contributed by atoms with Crippen molar-refractivity contribution in [2.24, 2.45) is 46.3 Å². The van der Waals surface area contributed by atoms with Gasteiger partial charge >= 0.3 is 5.97 Å². The fourth-order valence-corrected chi connectivity index (χ4v) is 9.12. The van der Waals surface area contributed by atoms with Crippen molar-refractivity contribution in [3.8, 4) is 0 Å². The predicted octanol–water partition coefficient (Wildman–Crippen LogP) is 4.57. The lowest BCUT2D eigenvalue weighted by Crippen LogP contribution is -2.56. The van der Waals surface area contributed by atoms with Gasteiger partial charge in [-0.25, -0.2) is 4.79 Å². The van der Waals surface area contributed by atoms with Gasteiger partial charge in [-0.3, -0.25) is 15.2 Å². The van der Waals surface area contributed by atoms with E-state index in [-0.39, 0.29) is 11.2 Å². The van der Waals surface area contributed by atoms with Crippen molar-refractivity contribution in [3.63, 3.8) is 0 Å². The van der Waals surface area contributed by atoms with Crippen molar-refractivity contribution in [1.82, 2.24) is 5.23 Å². The summed E-state index contributed by atoms with van der Waals surface area (Å²) in [4.78, 5) is 25.0. The molecule has 33 heavy (non-hydrogen) atoms. The summed E-state index contributed by atoms with van der Waals surface area (Å²) in [5.74, 6) is 2.54. The van der Waals surface area contributed by atoms with Crippen molar-refractivity contribution >= 4 is 11.8 Å². The number of aliphatic hydroxyl groups excluding tert-OH is 1. The number of fused-ring (bicyclic) bond motifs is 5. The number of hydrogen-bond donors (Lipinski definition) is 3. The minimum atomic E-state index is -2.21. The maximum atomic E-state index is 13.1. The molecule has 10 atom stereocenters. The summed E-state index contributed by atoms with van der Waals surface area (Å²) in [6.07, 6.45) is 7.62. The molecular formula is C26H43NO6. The zero-order valence-corrected chi connectivity index (χ0v) is 20.7. The van der Waals surface area contributed by atoms with Crippen LogP contribution in [0.3, 0.4) is 0 Å². The fraction of sp³-hybridized carbons (Fsp3) is 0.923. The maximum Gasteiger partial charge on any atom is 0.356 e. The molecule has 0 radical (unpaired) electrons. The van der Waals surface area contributed by atoms with Gasteiger partial charge < -0.3 is 9.84 Å². The molecule has 3 N–H and O–H groups in total. The SMILES string of the molecule is CCC[C@@H](C)[C@H]1CCC2C3CCC4CC(OC(=O)[C@H](O)N(O)O)C(=O)C[C@]4(C)C3CC[C@@]21C. The van der Waals surface area contributed by atoms with Gasteiger partial charge in [-0.05, 0) is 96.5 Å². The van der Waals surface area contributed by atoms with Crippen LogP contribution in [0.25, 0.3) is 0 Å². The Bertz CT molecular complexity index is 757. The summed E-state index contributed by atoms with van der Waals surface area (Å²) in [5.41, 5.74) is 0.349. The Morgan fingerprint density at radius 3 is 2.48 bits per heavy atom. The summed E-state index contributed by atoms with van der Waals surface area (Å²) in [5, 5.41) is 26.6. The van der Waals surface area contributed by atoms with Gasteiger partial charge in [0.05, 0.1) is 0 Å². The Morgan fingerprint density at radius 2 is 1.82 bits per heavy atom. The Balaban J connectivity index is 1.48. The zero-order valence-electron chi connectivity index (χ0n) is 20.7. The van der Waals surface area contributed by atoms with Crippen LogP contribution in [0.15, 0.2) is 0 Å². The number of carbonyl (C=O) groups is 2. The molecule has 4 fully saturated rings. The first-order valence-electron chi connectivity index (χ1n) is 13.1. The summed E-state index contributed by atoms with van der Waals surface area (Å²) in [7, 11) is 0. The van der Waals surface area contributed by atoms with Crippen LogP contribution < -0.4 is 0 Å². The first kappa shape index (κ1) is 25.1. The first-order valence-corrected chi connectivity index (χ1v) is 13.1. The van der Waals surface area contributed by atoms with Gasteiger partial charge in [0.15, 0.2) is 11.9 Å². The predicted molar refractivity (Wildman–Crippen MR) is 121 cm³/mol. The normalized spacial score (nSPS) is 44.5. The average molecular weight is 466 g/mol. The van der Waals surface area contributed by atoms with Crippen LogP contribution in [-0.4, -0.2) is 44.8 Å². The number of ether oxygens (including phenoxy) is 1. The van der Waals surface area contributed by atoms with E-state index in [1.165, 1.54) is 44.9 Å². The van der Waals surface area contributed by atoms with Gasteiger partial charge in [-0.15, -0.1) is 0 Å². The molecule has 5 unspecified atom stereocenters. The van der Waals surface area contributed by atoms with Gasteiger partial charge in [-0.1, -0.05) is 40.5 Å². The number of Topliss-reactive ketones (excluding diaryl/α,β-unsaturated/α-hetero) is 1. The Morgan fingerprint density at radius 1 is 1.12 bits per heavy atom. The molecule has 0 aromatic carbocycles. The van der Waals surface area contributed by atoms with Gasteiger partial charge in [0.2, 0.25) is 0 Å². The fourth-order valence-electron chi connectivity index (χ4n) is 9.12. The maximum absolute atomic E-state index is 13.1. The molecule has 4 saturated carbocycles. The average Bonchev–Trinajstić information content (AvgIpc) is 3.11. The number of rotatable bonds is 6. The number of esters is 1. The lowest BCUT2D eigenvalue weighted by molar-refractivity contribution is -0.363. The Labute approximate surface area is 197 Å². The van der Waals surface area contributed by atoms with E-state index >= 15 is 0 Å².